The van der Waals surface area contributed by atoms with Crippen molar-refractivity contribution in [2.24, 2.45) is 5.90 Å². The van der Waals surface area contributed by atoms with E-state index < -0.39 is 5.97 Å². The molecule has 84 valence electrons. The molecule has 0 spiro atoms. The van der Waals surface area contributed by atoms with Crippen molar-refractivity contribution in [3.8, 4) is 0 Å². The number of carbonyl (C=O) groups is 1. The van der Waals surface area contributed by atoms with E-state index in [9.17, 15) is 4.79 Å². The zero-order valence-electron chi connectivity index (χ0n) is 8.85. The lowest BCUT2D eigenvalue weighted by Crippen LogP contribution is -1.99. The van der Waals surface area contributed by atoms with Crippen LogP contribution in [-0.2, 0) is 4.84 Å². The lowest BCUT2D eigenvalue weighted by atomic mass is 10.2. The van der Waals surface area contributed by atoms with Gasteiger partial charge >= 0.3 is 5.97 Å². The molecule has 0 atom stereocenters. The molecule has 0 amide bonds. The van der Waals surface area contributed by atoms with E-state index in [1.807, 2.05) is 0 Å². The first kappa shape index (κ1) is 13.6. The monoisotopic (exact) mass is 211 g/mol. The Morgan fingerprint density at radius 3 is 2.27 bits per heavy atom. The van der Waals surface area contributed by atoms with Gasteiger partial charge in [0.15, 0.2) is 0 Å². The molecule has 0 aliphatic carbocycles. The van der Waals surface area contributed by atoms with Crippen LogP contribution in [0.5, 0.6) is 0 Å². The van der Waals surface area contributed by atoms with Crippen LogP contribution >= 0.6 is 0 Å². The Hall–Kier alpha value is -1.39. The van der Waals surface area contributed by atoms with E-state index in [1.165, 1.54) is 0 Å². The van der Waals surface area contributed by atoms with Crippen molar-refractivity contribution < 1.29 is 14.7 Å². The predicted octanol–water partition coefficient (Wildman–Crippen LogP) is 2.06. The van der Waals surface area contributed by atoms with Crippen LogP contribution in [-0.4, -0.2) is 17.7 Å². The fraction of sp³-hybridized carbons (Fsp3) is 0.364. The van der Waals surface area contributed by atoms with E-state index >= 15 is 0 Å². The summed E-state index contributed by atoms with van der Waals surface area (Å²) in [5.74, 6) is 3.84. The average Bonchev–Trinajstić information content (AvgIpc) is 2.28. The smallest absolute Gasteiger partial charge is 0.335 e. The SMILES string of the molecule is CCCCON.O=C(O)c1ccccc1. The summed E-state index contributed by atoms with van der Waals surface area (Å²) in [6.45, 7) is 2.79. The zero-order chi connectivity index (χ0) is 11.5. The highest BCUT2D eigenvalue weighted by Gasteiger charge is 1.96. The van der Waals surface area contributed by atoms with Gasteiger partial charge in [0, 0.05) is 0 Å². The van der Waals surface area contributed by atoms with Gasteiger partial charge in [0.05, 0.1) is 12.2 Å². The number of hydrogen-bond donors (Lipinski definition) is 2. The maximum atomic E-state index is 10.2. The summed E-state index contributed by atoms with van der Waals surface area (Å²) in [6, 6.07) is 8.30. The number of carboxylic acids is 1. The molecular weight excluding hydrogens is 194 g/mol. The summed E-state index contributed by atoms with van der Waals surface area (Å²) in [5.41, 5.74) is 0.331. The molecule has 0 bridgehead atoms. The molecule has 0 aliphatic heterocycles. The number of rotatable bonds is 4. The van der Waals surface area contributed by atoms with E-state index in [4.69, 9.17) is 11.0 Å². The number of carboxylic acid groups (broad SMARTS) is 1. The first-order valence-electron chi connectivity index (χ1n) is 4.82. The number of aromatic carboxylic acids is 1. The van der Waals surface area contributed by atoms with Crippen LogP contribution in [0.2, 0.25) is 0 Å². The fourth-order valence-electron chi connectivity index (χ4n) is 0.808. The van der Waals surface area contributed by atoms with Crippen molar-refractivity contribution in [3.05, 3.63) is 35.9 Å². The van der Waals surface area contributed by atoms with Crippen molar-refractivity contribution >= 4 is 5.97 Å². The minimum atomic E-state index is -0.879. The quantitative estimate of drug-likeness (QED) is 0.590. The van der Waals surface area contributed by atoms with Gasteiger partial charge in [0.2, 0.25) is 0 Å². The summed E-state index contributed by atoms with van der Waals surface area (Å²) in [4.78, 5) is 14.5. The molecule has 0 saturated carbocycles. The number of unbranched alkanes of at least 4 members (excludes halogenated alkanes) is 1. The Labute approximate surface area is 89.6 Å². The van der Waals surface area contributed by atoms with Crippen molar-refractivity contribution in [2.75, 3.05) is 6.61 Å². The molecule has 1 aromatic carbocycles. The molecule has 0 aliphatic rings. The van der Waals surface area contributed by atoms with Crippen LogP contribution in [0.1, 0.15) is 30.1 Å². The van der Waals surface area contributed by atoms with Gasteiger partial charge in [0.1, 0.15) is 0 Å². The van der Waals surface area contributed by atoms with E-state index in [1.54, 1.807) is 30.3 Å². The van der Waals surface area contributed by atoms with Gasteiger partial charge in [0.25, 0.3) is 0 Å². The Morgan fingerprint density at radius 1 is 1.40 bits per heavy atom. The second-order valence-electron chi connectivity index (χ2n) is 2.90. The minimum Gasteiger partial charge on any atom is -0.478 e. The van der Waals surface area contributed by atoms with Gasteiger partial charge in [-0.1, -0.05) is 31.5 Å². The second-order valence-corrected chi connectivity index (χ2v) is 2.90. The molecule has 1 rings (SSSR count). The van der Waals surface area contributed by atoms with Crippen molar-refractivity contribution in [2.45, 2.75) is 19.8 Å². The van der Waals surface area contributed by atoms with Crippen molar-refractivity contribution in [3.63, 3.8) is 0 Å². The van der Waals surface area contributed by atoms with Gasteiger partial charge in [-0.2, -0.15) is 0 Å². The van der Waals surface area contributed by atoms with Crippen LogP contribution in [0.25, 0.3) is 0 Å². The van der Waals surface area contributed by atoms with E-state index in [-0.39, 0.29) is 0 Å². The molecule has 0 radical (unpaired) electrons. The highest BCUT2D eigenvalue weighted by Crippen LogP contribution is 1.96. The van der Waals surface area contributed by atoms with Crippen LogP contribution in [0, 0.1) is 0 Å². The lowest BCUT2D eigenvalue weighted by Gasteiger charge is -1.88. The maximum absolute atomic E-state index is 10.2. The van der Waals surface area contributed by atoms with Crippen LogP contribution < -0.4 is 5.90 Å². The van der Waals surface area contributed by atoms with Crippen molar-refractivity contribution in [1.29, 1.82) is 0 Å². The van der Waals surface area contributed by atoms with E-state index in [2.05, 4.69) is 11.8 Å². The predicted molar refractivity (Wildman–Crippen MR) is 58.4 cm³/mol. The Balaban J connectivity index is 0.000000288. The Kier molecular flexibility index (Phi) is 8.33. The molecule has 3 N–H and O–H groups in total. The average molecular weight is 211 g/mol. The minimum absolute atomic E-state index is 0.331. The molecule has 0 heterocycles. The molecule has 0 fully saturated rings. The summed E-state index contributed by atoms with van der Waals surface area (Å²) >= 11 is 0. The molecule has 0 saturated heterocycles. The summed E-state index contributed by atoms with van der Waals surface area (Å²) < 4.78 is 0. The van der Waals surface area contributed by atoms with Gasteiger partial charge in [-0.15, -0.1) is 0 Å². The third-order valence-electron chi connectivity index (χ3n) is 1.64. The molecule has 15 heavy (non-hydrogen) atoms. The molecule has 4 heteroatoms. The summed E-state index contributed by atoms with van der Waals surface area (Å²) in [5, 5.41) is 8.38. The van der Waals surface area contributed by atoms with Gasteiger partial charge in [-0.25, -0.2) is 10.7 Å². The topological polar surface area (TPSA) is 72.5 Å². The van der Waals surface area contributed by atoms with Gasteiger partial charge in [-0.3, -0.25) is 0 Å². The highest BCUT2D eigenvalue weighted by molar-refractivity contribution is 5.87. The van der Waals surface area contributed by atoms with E-state index in [0.29, 0.717) is 12.2 Å². The van der Waals surface area contributed by atoms with Gasteiger partial charge < -0.3 is 9.94 Å². The van der Waals surface area contributed by atoms with Crippen molar-refractivity contribution in [1.82, 2.24) is 0 Å². The van der Waals surface area contributed by atoms with E-state index in [0.717, 1.165) is 12.8 Å². The third kappa shape index (κ3) is 7.66. The Bertz CT molecular complexity index is 258. The maximum Gasteiger partial charge on any atom is 0.335 e. The molecule has 0 aromatic heterocycles. The van der Waals surface area contributed by atoms with Crippen LogP contribution in [0.15, 0.2) is 30.3 Å². The molecular formula is C11H17NO3. The third-order valence-corrected chi connectivity index (χ3v) is 1.64. The second kappa shape index (κ2) is 9.18. The first-order chi connectivity index (χ1) is 7.22. The highest BCUT2D eigenvalue weighted by atomic mass is 16.6. The molecule has 4 nitrogen and oxygen atoms in total. The normalized spacial score (nSPS) is 8.93. The number of benzene rings is 1. The first-order valence-corrected chi connectivity index (χ1v) is 4.82. The summed E-state index contributed by atoms with van der Waals surface area (Å²) in [7, 11) is 0. The largest absolute Gasteiger partial charge is 0.478 e. The lowest BCUT2D eigenvalue weighted by molar-refractivity contribution is 0.0697. The van der Waals surface area contributed by atoms with Crippen LogP contribution in [0.4, 0.5) is 0 Å². The molecule has 1 aromatic rings. The number of nitrogens with two attached hydrogens (primary N) is 1. The fourth-order valence-corrected chi connectivity index (χ4v) is 0.808. The van der Waals surface area contributed by atoms with Crippen LogP contribution in [0.3, 0.4) is 0 Å². The zero-order valence-corrected chi connectivity index (χ0v) is 8.85. The summed E-state index contributed by atoms with van der Waals surface area (Å²) in [6.07, 6.45) is 2.22. The van der Waals surface area contributed by atoms with Gasteiger partial charge in [-0.05, 0) is 18.6 Å². The molecule has 0 unspecified atom stereocenters. The number of hydrogen-bond acceptors (Lipinski definition) is 3. The Morgan fingerprint density at radius 2 is 2.00 bits per heavy atom. The standard InChI is InChI=1S/C7H6O2.C4H11NO/c8-7(9)6-4-2-1-3-5-6;1-2-3-4-6-5/h1-5H,(H,8,9);2-5H2,1H3.